The molecule has 0 fully saturated rings. The molecule has 1 heterocycles. The number of nitrogens with one attached hydrogen (secondary N) is 2. The minimum atomic E-state index is -0.436. The summed E-state index contributed by atoms with van der Waals surface area (Å²) in [7, 11) is 1.48. The Morgan fingerprint density at radius 2 is 1.71 bits per heavy atom. The van der Waals surface area contributed by atoms with Gasteiger partial charge in [0.25, 0.3) is 11.8 Å². The third-order valence-corrected chi connectivity index (χ3v) is 2.47. The minimum Gasteiger partial charge on any atom is -0.358 e. The number of hydrogen-bond acceptors (Lipinski definition) is 4. The average Bonchev–Trinajstić information content (AvgIpc) is 2.60. The van der Waals surface area contributed by atoms with E-state index in [9.17, 15) is 14.4 Å². The van der Waals surface area contributed by atoms with E-state index in [4.69, 9.17) is 0 Å². The van der Waals surface area contributed by atoms with Crippen LogP contribution in [0.5, 0.6) is 0 Å². The summed E-state index contributed by atoms with van der Waals surface area (Å²) < 4.78 is 0. The number of hydrazine groups is 1. The molecule has 0 aliphatic carbocycles. The van der Waals surface area contributed by atoms with E-state index >= 15 is 0 Å². The predicted octanol–water partition coefficient (Wildman–Crippen LogP) is -0.467. The van der Waals surface area contributed by atoms with Crippen LogP contribution in [-0.2, 0) is 4.79 Å². The lowest BCUT2D eigenvalue weighted by Gasteiger charge is -2.14. The summed E-state index contributed by atoms with van der Waals surface area (Å²) in [6.07, 6.45) is 0. The molecule has 0 saturated carbocycles. The first-order valence-corrected chi connectivity index (χ1v) is 5.07. The Labute approximate surface area is 97.6 Å². The largest absolute Gasteiger partial charge is 0.358 e. The first-order valence-electron chi connectivity index (χ1n) is 5.07. The molecule has 6 heteroatoms. The van der Waals surface area contributed by atoms with Crippen LogP contribution in [0.2, 0.25) is 0 Å². The van der Waals surface area contributed by atoms with E-state index in [1.165, 1.54) is 7.05 Å². The van der Waals surface area contributed by atoms with E-state index in [-0.39, 0.29) is 12.5 Å². The molecule has 0 aromatic heterocycles. The molecule has 0 bridgehead atoms. The van der Waals surface area contributed by atoms with Crippen LogP contribution in [0.1, 0.15) is 20.7 Å². The highest BCUT2D eigenvalue weighted by molar-refractivity contribution is 6.21. The normalized spacial score (nSPS) is 13.8. The van der Waals surface area contributed by atoms with Crippen molar-refractivity contribution >= 4 is 17.7 Å². The van der Waals surface area contributed by atoms with E-state index in [0.29, 0.717) is 11.1 Å². The second-order valence-electron chi connectivity index (χ2n) is 3.50. The van der Waals surface area contributed by atoms with Gasteiger partial charge in [-0.05, 0) is 12.1 Å². The molecule has 0 atom stereocenters. The van der Waals surface area contributed by atoms with Crippen LogP contribution in [0.3, 0.4) is 0 Å². The van der Waals surface area contributed by atoms with Crippen molar-refractivity contribution in [3.63, 3.8) is 0 Å². The fraction of sp³-hybridized carbons (Fsp3) is 0.182. The van der Waals surface area contributed by atoms with Crippen molar-refractivity contribution in [2.24, 2.45) is 0 Å². The van der Waals surface area contributed by atoms with Gasteiger partial charge in [-0.15, -0.1) is 0 Å². The molecule has 2 N–H and O–H groups in total. The Kier molecular flexibility index (Phi) is 2.88. The molecule has 88 valence electrons. The first-order chi connectivity index (χ1) is 8.15. The van der Waals surface area contributed by atoms with Crippen LogP contribution in [-0.4, -0.2) is 36.3 Å². The fourth-order valence-corrected chi connectivity index (χ4v) is 1.57. The molecule has 0 spiro atoms. The molecule has 0 unspecified atom stereocenters. The Hall–Kier alpha value is -2.21. The van der Waals surface area contributed by atoms with Gasteiger partial charge in [-0.3, -0.25) is 14.4 Å². The van der Waals surface area contributed by atoms with Gasteiger partial charge in [0.1, 0.15) is 0 Å². The molecular weight excluding hydrogens is 222 g/mol. The number of rotatable bonds is 3. The summed E-state index contributed by atoms with van der Waals surface area (Å²) in [5.74, 6) is -1.18. The first kappa shape index (κ1) is 11.3. The van der Waals surface area contributed by atoms with E-state index in [0.717, 1.165) is 5.01 Å². The van der Waals surface area contributed by atoms with E-state index < -0.39 is 11.8 Å². The van der Waals surface area contributed by atoms with E-state index in [1.807, 2.05) is 0 Å². The molecule has 1 aromatic rings. The van der Waals surface area contributed by atoms with Gasteiger partial charge in [-0.2, -0.15) is 0 Å². The molecule has 0 radical (unpaired) electrons. The van der Waals surface area contributed by atoms with Crippen molar-refractivity contribution in [2.45, 2.75) is 0 Å². The number of carbonyl (C=O) groups is 3. The summed E-state index contributed by atoms with van der Waals surface area (Å²) in [6, 6.07) is 6.53. The molecular formula is C11H11N3O3. The van der Waals surface area contributed by atoms with E-state index in [1.54, 1.807) is 24.3 Å². The van der Waals surface area contributed by atoms with Crippen molar-refractivity contribution in [2.75, 3.05) is 13.6 Å². The monoisotopic (exact) mass is 233 g/mol. The lowest BCUT2D eigenvalue weighted by molar-refractivity contribution is -0.120. The molecule has 2 rings (SSSR count). The highest BCUT2D eigenvalue weighted by atomic mass is 16.2. The van der Waals surface area contributed by atoms with Gasteiger partial charge < -0.3 is 5.32 Å². The van der Waals surface area contributed by atoms with Crippen LogP contribution in [0, 0.1) is 0 Å². The van der Waals surface area contributed by atoms with Gasteiger partial charge >= 0.3 is 0 Å². The summed E-state index contributed by atoms with van der Waals surface area (Å²) in [5.41, 5.74) is 3.20. The molecule has 1 aliphatic heterocycles. The second-order valence-corrected chi connectivity index (χ2v) is 3.50. The maximum Gasteiger partial charge on any atom is 0.276 e. The number of likely N-dealkylation sites (N-methyl/N-ethyl adjacent to an activating group) is 1. The zero-order chi connectivity index (χ0) is 12.4. The van der Waals surface area contributed by atoms with Gasteiger partial charge in [-0.1, -0.05) is 12.1 Å². The maximum atomic E-state index is 11.8. The SMILES string of the molecule is CNC(=O)CNN1C(=O)c2ccccc2C1=O. The molecule has 3 amide bonds. The van der Waals surface area contributed by atoms with Crippen molar-refractivity contribution in [1.82, 2.24) is 15.8 Å². The summed E-state index contributed by atoms with van der Waals surface area (Å²) in [4.78, 5) is 34.7. The maximum absolute atomic E-state index is 11.8. The van der Waals surface area contributed by atoms with Crippen LogP contribution in [0.15, 0.2) is 24.3 Å². The Balaban J connectivity index is 2.16. The Bertz CT molecular complexity index is 463. The van der Waals surface area contributed by atoms with Crippen molar-refractivity contribution in [1.29, 1.82) is 0 Å². The highest BCUT2D eigenvalue weighted by Crippen LogP contribution is 2.20. The van der Waals surface area contributed by atoms with Crippen LogP contribution < -0.4 is 10.7 Å². The minimum absolute atomic E-state index is 0.123. The molecule has 0 saturated heterocycles. The van der Waals surface area contributed by atoms with Gasteiger partial charge in [0.2, 0.25) is 5.91 Å². The van der Waals surface area contributed by atoms with Gasteiger partial charge in [-0.25, -0.2) is 10.4 Å². The van der Waals surface area contributed by atoms with Gasteiger partial charge in [0, 0.05) is 7.05 Å². The van der Waals surface area contributed by atoms with Gasteiger partial charge in [0.15, 0.2) is 0 Å². The standard InChI is InChI=1S/C11H11N3O3/c1-12-9(15)6-13-14-10(16)7-4-2-3-5-8(7)11(14)17/h2-5,13H,6H2,1H3,(H,12,15). The Morgan fingerprint density at radius 1 is 1.18 bits per heavy atom. The van der Waals surface area contributed by atoms with Gasteiger partial charge in [0.05, 0.1) is 17.7 Å². The van der Waals surface area contributed by atoms with Crippen LogP contribution in [0.4, 0.5) is 0 Å². The van der Waals surface area contributed by atoms with Crippen molar-refractivity contribution in [3.8, 4) is 0 Å². The highest BCUT2D eigenvalue weighted by Gasteiger charge is 2.35. The smallest absolute Gasteiger partial charge is 0.276 e. The van der Waals surface area contributed by atoms with Crippen LogP contribution >= 0.6 is 0 Å². The predicted molar refractivity (Wildman–Crippen MR) is 59.0 cm³/mol. The summed E-state index contributed by atoms with van der Waals surface area (Å²) in [6.45, 7) is -0.123. The average molecular weight is 233 g/mol. The number of carbonyl (C=O) groups excluding carboxylic acids is 3. The molecule has 1 aliphatic rings. The molecule has 1 aromatic carbocycles. The number of hydrogen-bond donors (Lipinski definition) is 2. The lowest BCUT2D eigenvalue weighted by Crippen LogP contribution is -2.46. The molecule has 17 heavy (non-hydrogen) atoms. The third-order valence-electron chi connectivity index (χ3n) is 2.47. The number of fused-ring (bicyclic) bond motifs is 1. The number of imide groups is 1. The zero-order valence-electron chi connectivity index (χ0n) is 9.19. The summed E-state index contributed by atoms with van der Waals surface area (Å²) in [5, 5.41) is 3.25. The third kappa shape index (κ3) is 1.90. The quantitative estimate of drug-likeness (QED) is 0.692. The number of amides is 3. The van der Waals surface area contributed by atoms with Crippen LogP contribution in [0.25, 0.3) is 0 Å². The molecule has 6 nitrogen and oxygen atoms in total. The lowest BCUT2D eigenvalue weighted by atomic mass is 10.1. The zero-order valence-corrected chi connectivity index (χ0v) is 9.19. The van der Waals surface area contributed by atoms with E-state index in [2.05, 4.69) is 10.7 Å². The van der Waals surface area contributed by atoms with Crippen molar-refractivity contribution < 1.29 is 14.4 Å². The fourth-order valence-electron chi connectivity index (χ4n) is 1.57. The second kappa shape index (κ2) is 4.34. The number of nitrogens with zero attached hydrogens (tertiary/aromatic N) is 1. The summed E-state index contributed by atoms with van der Waals surface area (Å²) >= 11 is 0. The number of benzene rings is 1. The Morgan fingerprint density at radius 3 is 2.18 bits per heavy atom. The topological polar surface area (TPSA) is 78.5 Å². The van der Waals surface area contributed by atoms with Crippen molar-refractivity contribution in [3.05, 3.63) is 35.4 Å².